The standard InChI is InChI=1S/C22H30N2O7S/c1-15(2)21(24-32(26,27)18-9-7-17(29-4)8-10-18)22(25)23-16-6-11-19(30-5)20(14-16)31-13-12-28-3/h6-11,14-15,21,24H,12-13H2,1-5H3,(H,23,25)/t21-/m0/s1. The van der Waals surface area contributed by atoms with E-state index in [9.17, 15) is 13.2 Å². The maximum atomic E-state index is 12.9. The second-order valence-electron chi connectivity index (χ2n) is 7.21. The average Bonchev–Trinajstić information content (AvgIpc) is 2.77. The average molecular weight is 467 g/mol. The SMILES string of the molecule is COCCOc1cc(NC(=O)[C@@H](NS(=O)(=O)c2ccc(OC)cc2)C(C)C)ccc1OC. The molecule has 1 amide bonds. The minimum absolute atomic E-state index is 0.0371. The summed E-state index contributed by atoms with van der Waals surface area (Å²) in [5.41, 5.74) is 0.442. The van der Waals surface area contributed by atoms with Crippen LogP contribution >= 0.6 is 0 Å². The van der Waals surface area contributed by atoms with E-state index >= 15 is 0 Å². The number of nitrogens with one attached hydrogen (secondary N) is 2. The fraction of sp³-hybridized carbons (Fsp3) is 0.409. The van der Waals surface area contributed by atoms with Crippen LogP contribution in [0.4, 0.5) is 5.69 Å². The molecule has 0 aliphatic carbocycles. The maximum absolute atomic E-state index is 12.9. The van der Waals surface area contributed by atoms with Gasteiger partial charge in [-0.25, -0.2) is 8.42 Å². The number of anilines is 1. The number of sulfonamides is 1. The molecule has 2 rings (SSSR count). The van der Waals surface area contributed by atoms with Crippen molar-refractivity contribution in [1.82, 2.24) is 4.72 Å². The monoisotopic (exact) mass is 466 g/mol. The molecular weight excluding hydrogens is 436 g/mol. The van der Waals surface area contributed by atoms with Crippen molar-refractivity contribution < 1.29 is 32.2 Å². The van der Waals surface area contributed by atoms with Gasteiger partial charge in [0, 0.05) is 18.9 Å². The second kappa shape index (κ2) is 11.7. The number of benzene rings is 2. The normalized spacial score (nSPS) is 12.3. The van der Waals surface area contributed by atoms with E-state index in [1.807, 2.05) is 0 Å². The first-order valence-electron chi connectivity index (χ1n) is 9.98. The zero-order valence-electron chi connectivity index (χ0n) is 18.9. The lowest BCUT2D eigenvalue weighted by atomic mass is 10.0. The van der Waals surface area contributed by atoms with Gasteiger partial charge in [0.25, 0.3) is 0 Å². The Bertz CT molecular complexity index is 992. The van der Waals surface area contributed by atoms with Gasteiger partial charge in [-0.15, -0.1) is 0 Å². The van der Waals surface area contributed by atoms with Gasteiger partial charge in [0.1, 0.15) is 18.4 Å². The lowest BCUT2D eigenvalue weighted by Crippen LogP contribution is -2.47. The molecule has 0 saturated carbocycles. The molecule has 0 bridgehead atoms. The van der Waals surface area contributed by atoms with Crippen LogP contribution in [-0.2, 0) is 19.6 Å². The third-order valence-electron chi connectivity index (χ3n) is 4.58. The number of ether oxygens (including phenoxy) is 4. The number of carbonyl (C=O) groups excluding carboxylic acids is 1. The first-order valence-corrected chi connectivity index (χ1v) is 11.5. The Morgan fingerprint density at radius 1 is 0.938 bits per heavy atom. The molecule has 1 atom stereocenters. The van der Waals surface area contributed by atoms with Gasteiger partial charge in [-0.2, -0.15) is 4.72 Å². The third-order valence-corrected chi connectivity index (χ3v) is 6.03. The summed E-state index contributed by atoms with van der Waals surface area (Å²) < 4.78 is 49.0. The van der Waals surface area contributed by atoms with E-state index in [1.165, 1.54) is 26.4 Å². The topological polar surface area (TPSA) is 112 Å². The number of methoxy groups -OCH3 is 3. The summed E-state index contributed by atoms with van der Waals surface area (Å²) in [6.07, 6.45) is 0. The summed E-state index contributed by atoms with van der Waals surface area (Å²) in [4.78, 5) is 13.0. The Hall–Kier alpha value is -2.82. The van der Waals surface area contributed by atoms with Crippen LogP contribution < -0.4 is 24.2 Å². The molecule has 0 heterocycles. The lowest BCUT2D eigenvalue weighted by Gasteiger charge is -2.22. The highest BCUT2D eigenvalue weighted by atomic mass is 32.2. The van der Waals surface area contributed by atoms with Gasteiger partial charge < -0.3 is 24.3 Å². The van der Waals surface area contributed by atoms with Crippen LogP contribution in [-0.4, -0.2) is 54.9 Å². The molecule has 0 spiro atoms. The Kier molecular flexibility index (Phi) is 9.30. The molecule has 2 aromatic rings. The number of hydrogen-bond donors (Lipinski definition) is 2. The van der Waals surface area contributed by atoms with Crippen molar-refractivity contribution in [2.45, 2.75) is 24.8 Å². The van der Waals surface area contributed by atoms with Gasteiger partial charge in [0.15, 0.2) is 11.5 Å². The van der Waals surface area contributed by atoms with Gasteiger partial charge in [-0.05, 0) is 42.3 Å². The van der Waals surface area contributed by atoms with Crippen LogP contribution in [0.2, 0.25) is 0 Å². The smallest absolute Gasteiger partial charge is 0.242 e. The fourth-order valence-electron chi connectivity index (χ4n) is 2.80. The quantitative estimate of drug-likeness (QED) is 0.463. The summed E-state index contributed by atoms with van der Waals surface area (Å²) in [7, 11) is 0.648. The van der Waals surface area contributed by atoms with Gasteiger partial charge in [-0.3, -0.25) is 4.79 Å². The Labute approximate surface area is 189 Å². The van der Waals surface area contributed by atoms with E-state index in [0.29, 0.717) is 36.1 Å². The van der Waals surface area contributed by atoms with Crippen molar-refractivity contribution in [2.24, 2.45) is 5.92 Å². The number of hydrogen-bond acceptors (Lipinski definition) is 7. The van der Waals surface area contributed by atoms with Crippen molar-refractivity contribution in [1.29, 1.82) is 0 Å². The highest BCUT2D eigenvalue weighted by Gasteiger charge is 2.28. The Morgan fingerprint density at radius 3 is 2.19 bits per heavy atom. The molecule has 176 valence electrons. The minimum Gasteiger partial charge on any atom is -0.497 e. The molecule has 0 aliphatic rings. The van der Waals surface area contributed by atoms with Crippen molar-refractivity contribution in [3.05, 3.63) is 42.5 Å². The van der Waals surface area contributed by atoms with Crippen LogP contribution in [0.1, 0.15) is 13.8 Å². The molecule has 32 heavy (non-hydrogen) atoms. The molecule has 2 N–H and O–H groups in total. The summed E-state index contributed by atoms with van der Waals surface area (Å²) in [6.45, 7) is 4.21. The number of amides is 1. The van der Waals surface area contributed by atoms with Crippen LogP contribution in [0.15, 0.2) is 47.4 Å². The zero-order valence-corrected chi connectivity index (χ0v) is 19.7. The molecule has 10 heteroatoms. The molecule has 0 unspecified atom stereocenters. The molecule has 0 fully saturated rings. The first kappa shape index (κ1) is 25.4. The van der Waals surface area contributed by atoms with E-state index in [-0.39, 0.29) is 10.8 Å². The van der Waals surface area contributed by atoms with E-state index in [4.69, 9.17) is 18.9 Å². The second-order valence-corrected chi connectivity index (χ2v) is 8.93. The predicted molar refractivity (Wildman–Crippen MR) is 121 cm³/mol. The van der Waals surface area contributed by atoms with Crippen LogP contribution in [0.3, 0.4) is 0 Å². The van der Waals surface area contributed by atoms with Gasteiger partial charge in [0.2, 0.25) is 15.9 Å². The molecular formula is C22H30N2O7S. The van der Waals surface area contributed by atoms with E-state index < -0.39 is 22.0 Å². The maximum Gasteiger partial charge on any atom is 0.242 e. The van der Waals surface area contributed by atoms with Crippen LogP contribution in [0.25, 0.3) is 0 Å². The molecule has 0 aliphatic heterocycles. The Morgan fingerprint density at radius 2 is 1.62 bits per heavy atom. The number of carbonyl (C=O) groups is 1. The van der Waals surface area contributed by atoms with E-state index in [1.54, 1.807) is 51.3 Å². The number of rotatable bonds is 12. The van der Waals surface area contributed by atoms with Gasteiger partial charge in [0.05, 0.1) is 25.7 Å². The van der Waals surface area contributed by atoms with Crippen LogP contribution in [0, 0.1) is 5.92 Å². The highest BCUT2D eigenvalue weighted by molar-refractivity contribution is 7.89. The van der Waals surface area contributed by atoms with Crippen molar-refractivity contribution in [2.75, 3.05) is 39.9 Å². The van der Waals surface area contributed by atoms with E-state index in [2.05, 4.69) is 10.0 Å². The van der Waals surface area contributed by atoms with Crippen molar-refractivity contribution in [3.63, 3.8) is 0 Å². The van der Waals surface area contributed by atoms with Crippen molar-refractivity contribution >= 4 is 21.6 Å². The van der Waals surface area contributed by atoms with Crippen molar-refractivity contribution in [3.8, 4) is 17.2 Å². The largest absolute Gasteiger partial charge is 0.497 e. The van der Waals surface area contributed by atoms with Gasteiger partial charge in [-0.1, -0.05) is 13.8 Å². The van der Waals surface area contributed by atoms with E-state index in [0.717, 1.165) is 0 Å². The fourth-order valence-corrected chi connectivity index (χ4v) is 4.15. The van der Waals surface area contributed by atoms with Crippen LogP contribution in [0.5, 0.6) is 17.2 Å². The van der Waals surface area contributed by atoms with Gasteiger partial charge >= 0.3 is 0 Å². The summed E-state index contributed by atoms with van der Waals surface area (Å²) in [6, 6.07) is 9.85. The summed E-state index contributed by atoms with van der Waals surface area (Å²) in [5.74, 6) is 0.663. The highest BCUT2D eigenvalue weighted by Crippen LogP contribution is 2.30. The first-order chi connectivity index (χ1) is 15.2. The molecule has 0 saturated heterocycles. The molecule has 9 nitrogen and oxygen atoms in total. The Balaban J connectivity index is 2.18. The summed E-state index contributed by atoms with van der Waals surface area (Å²) in [5, 5.41) is 2.75. The summed E-state index contributed by atoms with van der Waals surface area (Å²) >= 11 is 0. The molecule has 0 radical (unpaired) electrons. The lowest BCUT2D eigenvalue weighted by molar-refractivity contribution is -0.118. The third kappa shape index (κ3) is 6.84. The molecule has 2 aromatic carbocycles. The zero-order chi connectivity index (χ0) is 23.7. The minimum atomic E-state index is -3.93. The molecule has 0 aromatic heterocycles. The predicted octanol–water partition coefficient (Wildman–Crippen LogP) is 2.67.